The van der Waals surface area contributed by atoms with Crippen molar-refractivity contribution in [3.8, 4) is 0 Å². The molecule has 0 amide bonds. The Kier molecular flexibility index (Phi) is 29.0. The largest absolute Gasteiger partial charge is 1.00 e. The molecule has 1 N–H and O–H groups in total. The average Bonchev–Trinajstić information content (AvgIpc) is 1.65. The number of rotatable bonds is 1. The van der Waals surface area contributed by atoms with E-state index in [1.54, 1.807) is 13.2 Å². The van der Waals surface area contributed by atoms with Gasteiger partial charge in [-0.3, -0.25) is 11.1 Å². The van der Waals surface area contributed by atoms with Gasteiger partial charge in [0.05, 0.1) is 0 Å². The van der Waals surface area contributed by atoms with Crippen molar-refractivity contribution in [2.24, 2.45) is 0 Å². The number of carbonyl (C=O) groups excluding carboxylic acids is 1. The fraction of sp³-hybridized carbons (Fsp3) is 0.600. The van der Waals surface area contributed by atoms with Gasteiger partial charge in [0, 0.05) is 6.92 Å². The quantitative estimate of drug-likeness (QED) is 0.340. The Morgan fingerprint density at radius 2 is 1.78 bits per heavy atom. The monoisotopic (exact) mass is 156 g/mol. The maximum absolute atomic E-state index is 9.05. The maximum atomic E-state index is 9.05. The van der Waals surface area contributed by atoms with E-state index in [9.17, 15) is 0 Å². The van der Waals surface area contributed by atoms with Gasteiger partial charge in [0.1, 0.15) is 0 Å². The van der Waals surface area contributed by atoms with Gasteiger partial charge in [0.25, 0.3) is 5.97 Å². The summed E-state index contributed by atoms with van der Waals surface area (Å²) in [5.74, 6) is -0.833. The summed E-state index contributed by atoms with van der Waals surface area (Å²) in [6, 6.07) is 0. The minimum Gasteiger partial charge on any atom is -0.542 e. The van der Waals surface area contributed by atoms with Crippen LogP contribution in [0, 0.1) is 0 Å². The molecule has 3 nitrogen and oxygen atoms in total. The zero-order valence-corrected chi connectivity index (χ0v) is 9.09. The van der Waals surface area contributed by atoms with Crippen LogP contribution in [0.2, 0.25) is 0 Å². The Balaban J connectivity index is -0.0000000720. The second-order valence-corrected chi connectivity index (χ2v) is 1.02. The molecule has 4 heteroatoms. The van der Waals surface area contributed by atoms with Crippen LogP contribution in [-0.2, 0) is 9.59 Å². The van der Waals surface area contributed by atoms with Crippen molar-refractivity contribution in [3.63, 3.8) is 0 Å². The summed E-state index contributed by atoms with van der Waals surface area (Å²) in [4.78, 5) is 18.0. The first-order valence-corrected chi connectivity index (χ1v) is 2.19. The van der Waals surface area contributed by atoms with E-state index in [0.717, 1.165) is 6.92 Å². The van der Waals surface area contributed by atoms with E-state index in [1.165, 1.54) is 0 Å². The summed E-state index contributed by atoms with van der Waals surface area (Å²) >= 11 is 0. The standard InChI is InChI=1S/C3H5O.C2H4O2.K/c1-2-3-4;1-2(3)4;/h2H2,1H3;1H3,(H,3,4);/q-1;;+1. The van der Waals surface area contributed by atoms with E-state index in [-0.39, 0.29) is 51.4 Å². The van der Waals surface area contributed by atoms with Gasteiger partial charge in [-0.25, -0.2) is 0 Å². The van der Waals surface area contributed by atoms with Gasteiger partial charge in [-0.15, -0.1) is 0 Å². The molecule has 0 atom stereocenters. The molecule has 0 bridgehead atoms. The van der Waals surface area contributed by atoms with Crippen molar-refractivity contribution >= 4 is 12.3 Å². The SMILES string of the molecule is CC(=O)O.CC[C-]=O.[K+]. The van der Waals surface area contributed by atoms with Crippen LogP contribution in [0.3, 0.4) is 0 Å². The molecule has 0 saturated carbocycles. The molecule has 0 rings (SSSR count). The van der Waals surface area contributed by atoms with Crippen LogP contribution in [-0.4, -0.2) is 17.4 Å². The van der Waals surface area contributed by atoms with Gasteiger partial charge in [0.15, 0.2) is 0 Å². The molecule has 48 valence electrons. The Morgan fingerprint density at radius 3 is 1.78 bits per heavy atom. The van der Waals surface area contributed by atoms with Gasteiger partial charge >= 0.3 is 51.4 Å². The minimum absolute atomic E-state index is 0. The topological polar surface area (TPSA) is 54.4 Å². The number of hydrogen-bond acceptors (Lipinski definition) is 2. The Hall–Kier alpha value is 0.776. The summed E-state index contributed by atoms with van der Waals surface area (Å²) in [6.45, 7) is 2.84. The van der Waals surface area contributed by atoms with E-state index in [1.807, 2.05) is 0 Å². The third-order valence-electron chi connectivity index (χ3n) is 0.144. The maximum Gasteiger partial charge on any atom is 1.00 e. The summed E-state index contributed by atoms with van der Waals surface area (Å²) in [6.07, 6.45) is 2.19. The number of carboxylic acid groups (broad SMARTS) is 1. The van der Waals surface area contributed by atoms with Crippen LogP contribution >= 0.6 is 0 Å². The zero-order valence-electron chi connectivity index (χ0n) is 5.97. The molecule has 0 aromatic rings. The van der Waals surface area contributed by atoms with Crippen LogP contribution < -0.4 is 51.4 Å². The molecule has 0 aromatic heterocycles. The van der Waals surface area contributed by atoms with Crippen molar-refractivity contribution in [3.05, 3.63) is 0 Å². The van der Waals surface area contributed by atoms with Crippen LogP contribution in [0.5, 0.6) is 0 Å². The Labute approximate surface area is 97.2 Å². The molecule has 0 heterocycles. The number of carboxylic acids is 1. The van der Waals surface area contributed by atoms with E-state index in [2.05, 4.69) is 0 Å². The smallest absolute Gasteiger partial charge is 0.542 e. The van der Waals surface area contributed by atoms with Gasteiger partial charge in [0.2, 0.25) is 0 Å². The fourth-order valence-electron chi connectivity index (χ4n) is 0. The summed E-state index contributed by atoms with van der Waals surface area (Å²) < 4.78 is 0. The molecule has 0 fully saturated rings. The van der Waals surface area contributed by atoms with Crippen molar-refractivity contribution < 1.29 is 66.1 Å². The second kappa shape index (κ2) is 15.9. The molecule has 0 aliphatic rings. The molecule has 0 aliphatic carbocycles. The van der Waals surface area contributed by atoms with Crippen molar-refractivity contribution in [2.75, 3.05) is 0 Å². The molecule has 0 aliphatic heterocycles. The Morgan fingerprint density at radius 1 is 1.67 bits per heavy atom. The molecule has 0 saturated heterocycles. The minimum atomic E-state index is -0.833. The zero-order chi connectivity index (χ0) is 6.99. The van der Waals surface area contributed by atoms with E-state index < -0.39 is 5.97 Å². The molecular formula is C5H9KO3. The molecule has 0 unspecified atom stereocenters. The van der Waals surface area contributed by atoms with Gasteiger partial charge in [-0.2, -0.15) is 6.42 Å². The predicted octanol–water partition coefficient (Wildman–Crippen LogP) is -2.40. The molecule has 0 spiro atoms. The molecule has 0 aromatic carbocycles. The van der Waals surface area contributed by atoms with Crippen LogP contribution in [0.15, 0.2) is 0 Å². The van der Waals surface area contributed by atoms with E-state index in [4.69, 9.17) is 14.7 Å². The number of aliphatic carboxylic acids is 1. The van der Waals surface area contributed by atoms with E-state index >= 15 is 0 Å². The molecular weight excluding hydrogens is 147 g/mol. The third-order valence-corrected chi connectivity index (χ3v) is 0.144. The van der Waals surface area contributed by atoms with Crippen molar-refractivity contribution in [1.82, 2.24) is 0 Å². The Bertz CT molecular complexity index is 68.6. The average molecular weight is 156 g/mol. The first kappa shape index (κ1) is 16.4. The first-order chi connectivity index (χ1) is 3.65. The van der Waals surface area contributed by atoms with Crippen molar-refractivity contribution in [2.45, 2.75) is 20.3 Å². The third kappa shape index (κ3) is 128. The van der Waals surface area contributed by atoms with Crippen LogP contribution in [0.1, 0.15) is 20.3 Å². The summed E-state index contributed by atoms with van der Waals surface area (Å²) in [5, 5.41) is 7.42. The summed E-state index contributed by atoms with van der Waals surface area (Å²) in [5.41, 5.74) is 0. The molecule has 0 radical (unpaired) electrons. The first-order valence-electron chi connectivity index (χ1n) is 2.19. The fourth-order valence-corrected chi connectivity index (χ4v) is 0. The van der Waals surface area contributed by atoms with Crippen molar-refractivity contribution in [1.29, 1.82) is 0 Å². The van der Waals surface area contributed by atoms with E-state index in [0.29, 0.717) is 6.42 Å². The van der Waals surface area contributed by atoms with Gasteiger partial charge in [-0.05, 0) is 0 Å². The number of carbonyl (C=O) groups is 1. The second-order valence-electron chi connectivity index (χ2n) is 1.02. The van der Waals surface area contributed by atoms with Crippen LogP contribution in [0.4, 0.5) is 0 Å². The molecule has 9 heavy (non-hydrogen) atoms. The summed E-state index contributed by atoms with van der Waals surface area (Å²) in [7, 11) is 0. The number of hydrogen-bond donors (Lipinski definition) is 1. The predicted molar refractivity (Wildman–Crippen MR) is 29.3 cm³/mol. The van der Waals surface area contributed by atoms with Gasteiger partial charge < -0.3 is 9.90 Å². The van der Waals surface area contributed by atoms with Crippen LogP contribution in [0.25, 0.3) is 0 Å². The normalized spacial score (nSPS) is 5.56. The van der Waals surface area contributed by atoms with Gasteiger partial charge in [-0.1, -0.05) is 6.92 Å².